The number of ether oxygens (including phenoxy) is 4. The number of terminal acetylenes is 1. The molecule has 0 amide bonds. The molecule has 0 unspecified atom stereocenters. The van der Waals surface area contributed by atoms with E-state index in [1.54, 1.807) is 6.92 Å². The van der Waals surface area contributed by atoms with Crippen LogP contribution in [0.5, 0.6) is 17.2 Å². The van der Waals surface area contributed by atoms with Gasteiger partial charge in [0.1, 0.15) is 23.9 Å². The summed E-state index contributed by atoms with van der Waals surface area (Å²) < 4.78 is 23.1. The van der Waals surface area contributed by atoms with Crippen LogP contribution in [-0.2, 0) is 29.0 Å². The van der Waals surface area contributed by atoms with Crippen LogP contribution in [-0.4, -0.2) is 37.8 Å². The number of esters is 1. The lowest BCUT2D eigenvalue weighted by Gasteiger charge is -2.21. The molecule has 40 heavy (non-hydrogen) atoms. The minimum absolute atomic E-state index is 0.198. The molecule has 0 bridgehead atoms. The van der Waals surface area contributed by atoms with E-state index in [9.17, 15) is 4.79 Å². The van der Waals surface area contributed by atoms with Gasteiger partial charge in [-0.3, -0.25) is 4.79 Å². The van der Waals surface area contributed by atoms with Gasteiger partial charge in [-0.1, -0.05) is 24.3 Å². The summed E-state index contributed by atoms with van der Waals surface area (Å²) in [6.07, 6.45) is 8.99. The normalized spacial score (nSPS) is 14.1. The van der Waals surface area contributed by atoms with Crippen LogP contribution in [0.2, 0.25) is 0 Å². The van der Waals surface area contributed by atoms with E-state index in [4.69, 9.17) is 18.9 Å². The molecule has 2 aliphatic rings. The number of hydrogen-bond donors (Lipinski definition) is 0. The second-order valence-corrected chi connectivity index (χ2v) is 11.1. The first-order valence-corrected chi connectivity index (χ1v) is 15.0. The van der Waals surface area contributed by atoms with Crippen molar-refractivity contribution < 1.29 is 23.7 Å². The number of aryl methyl sites for hydroxylation is 1. The average Bonchev–Trinajstić information content (AvgIpc) is 3.17. The van der Waals surface area contributed by atoms with Gasteiger partial charge >= 0.3 is 5.97 Å². The minimum atomic E-state index is -0.198. The summed E-state index contributed by atoms with van der Waals surface area (Å²) in [6.45, 7) is 3.58. The number of methoxy groups -OCH3 is 1. The molecule has 0 spiro atoms. The fourth-order valence-electron chi connectivity index (χ4n) is 4.80. The molecule has 0 atom stereocenters. The zero-order valence-corrected chi connectivity index (χ0v) is 24.3. The van der Waals surface area contributed by atoms with Crippen molar-refractivity contribution >= 4 is 17.7 Å². The van der Waals surface area contributed by atoms with E-state index >= 15 is 0 Å². The quantitative estimate of drug-likeness (QED) is 0.206. The summed E-state index contributed by atoms with van der Waals surface area (Å²) in [7, 11) is 1.41. The van der Waals surface area contributed by atoms with Gasteiger partial charge in [0.2, 0.25) is 0 Å². The Morgan fingerprint density at radius 2 is 1.70 bits per heavy atom. The third-order valence-corrected chi connectivity index (χ3v) is 8.09. The second-order valence-electron chi connectivity index (χ2n) is 9.91. The van der Waals surface area contributed by atoms with E-state index in [-0.39, 0.29) is 5.97 Å². The number of carbonyl (C=O) groups excluding carboxylic acids is 1. The third-order valence-electron chi connectivity index (χ3n) is 7.04. The lowest BCUT2D eigenvalue weighted by Crippen LogP contribution is -2.17. The summed E-state index contributed by atoms with van der Waals surface area (Å²) >= 11 is 2.05. The van der Waals surface area contributed by atoms with Crippen molar-refractivity contribution in [2.24, 2.45) is 5.92 Å². The smallest absolute Gasteiger partial charge is 0.305 e. The Hall–Kier alpha value is -3.56. The van der Waals surface area contributed by atoms with Crippen molar-refractivity contribution in [1.29, 1.82) is 0 Å². The van der Waals surface area contributed by atoms with E-state index in [1.165, 1.54) is 42.6 Å². The van der Waals surface area contributed by atoms with Gasteiger partial charge in [0, 0.05) is 18.4 Å². The van der Waals surface area contributed by atoms with Gasteiger partial charge in [-0.25, -0.2) is 0 Å². The van der Waals surface area contributed by atoms with Crippen LogP contribution in [0, 0.1) is 18.3 Å². The lowest BCUT2D eigenvalue weighted by atomic mass is 9.96. The van der Waals surface area contributed by atoms with E-state index < -0.39 is 0 Å². The van der Waals surface area contributed by atoms with Crippen LogP contribution in [0.3, 0.4) is 0 Å². The van der Waals surface area contributed by atoms with Gasteiger partial charge in [-0.05, 0) is 102 Å². The predicted octanol–water partition coefficient (Wildman–Crippen LogP) is 7.13. The zero-order chi connectivity index (χ0) is 28.2. The minimum Gasteiger partial charge on any atom is -0.493 e. The maximum Gasteiger partial charge on any atom is 0.305 e. The van der Waals surface area contributed by atoms with Gasteiger partial charge in [0.25, 0.3) is 0 Å². The number of thioether (sulfide) groups is 1. The summed E-state index contributed by atoms with van der Waals surface area (Å²) in [5.41, 5.74) is 5.72. The van der Waals surface area contributed by atoms with Gasteiger partial charge in [-0.15, -0.1) is 12.3 Å². The monoisotopic (exact) mass is 558 g/mol. The highest BCUT2D eigenvalue weighted by atomic mass is 32.2. The fourth-order valence-corrected chi connectivity index (χ4v) is 6.00. The van der Waals surface area contributed by atoms with Crippen molar-refractivity contribution in [3.8, 4) is 40.7 Å². The van der Waals surface area contributed by atoms with Crippen LogP contribution in [0.4, 0.5) is 0 Å². The molecule has 1 saturated heterocycles. The van der Waals surface area contributed by atoms with Crippen LogP contribution >= 0.6 is 11.8 Å². The third kappa shape index (κ3) is 8.47. The first-order chi connectivity index (χ1) is 19.6. The second kappa shape index (κ2) is 15.3. The fraction of sp³-hybridized carbons (Fsp3) is 0.382. The van der Waals surface area contributed by atoms with Crippen LogP contribution in [0.1, 0.15) is 42.9 Å². The standard InChI is InChI=1S/C31H34O5S.C3H4/c1-33-31(32)11-5-22-2-6-26(7-3-22)35-21-24-4-10-30-29(18-24)28-9-8-27(19-25(28)12-15-34-30)36-20-23-13-16-37-17-14-23;1-3-2/h2-4,6-10,18-19,23H,5,11-17,20-21H2,1H3;1H,2H3. The van der Waals surface area contributed by atoms with Crippen molar-refractivity contribution in [3.05, 3.63) is 77.4 Å². The Morgan fingerprint density at radius 1 is 0.975 bits per heavy atom. The van der Waals surface area contributed by atoms with Gasteiger partial charge < -0.3 is 18.9 Å². The zero-order valence-electron chi connectivity index (χ0n) is 23.4. The van der Waals surface area contributed by atoms with E-state index in [2.05, 4.69) is 42.7 Å². The SMILES string of the molecule is C#CC.COC(=O)CCc1ccc(OCc2ccc3c(c2)-c2ccc(OCC4CCSCC4)cc2CCO3)cc1. The van der Waals surface area contributed by atoms with Crippen molar-refractivity contribution in [3.63, 3.8) is 0 Å². The molecule has 3 aromatic rings. The Labute approximate surface area is 242 Å². The molecule has 0 radical (unpaired) electrons. The maximum absolute atomic E-state index is 11.4. The Kier molecular flexibility index (Phi) is 11.2. The average molecular weight is 559 g/mol. The van der Waals surface area contributed by atoms with Crippen molar-refractivity contribution in [1.82, 2.24) is 0 Å². The van der Waals surface area contributed by atoms with Gasteiger partial charge in [0.05, 0.1) is 20.3 Å². The molecule has 3 aromatic carbocycles. The lowest BCUT2D eigenvalue weighted by molar-refractivity contribution is -0.140. The molecule has 0 N–H and O–H groups in total. The molecule has 0 aliphatic carbocycles. The Balaban J connectivity index is 0.00000118. The maximum atomic E-state index is 11.4. The van der Waals surface area contributed by atoms with Crippen LogP contribution in [0.15, 0.2) is 60.7 Å². The molecular formula is C34H38O5S. The number of carbonyl (C=O) groups is 1. The van der Waals surface area contributed by atoms with Crippen LogP contribution in [0.25, 0.3) is 11.1 Å². The first kappa shape index (κ1) is 29.4. The highest BCUT2D eigenvalue weighted by molar-refractivity contribution is 7.99. The molecule has 2 aliphatic heterocycles. The first-order valence-electron chi connectivity index (χ1n) is 13.8. The molecule has 5 rings (SSSR count). The summed E-state index contributed by atoms with van der Waals surface area (Å²) in [4.78, 5) is 11.4. The molecule has 210 valence electrons. The summed E-state index contributed by atoms with van der Waals surface area (Å²) in [5.74, 6) is 7.88. The number of fused-ring (bicyclic) bond motifs is 3. The topological polar surface area (TPSA) is 54.0 Å². The Morgan fingerprint density at radius 3 is 2.45 bits per heavy atom. The number of hydrogen-bond acceptors (Lipinski definition) is 6. The molecule has 1 fully saturated rings. The molecular weight excluding hydrogens is 520 g/mol. The Bertz CT molecular complexity index is 1290. The summed E-state index contributed by atoms with van der Waals surface area (Å²) in [5, 5.41) is 0. The van der Waals surface area contributed by atoms with Gasteiger partial charge in [-0.2, -0.15) is 11.8 Å². The van der Waals surface area contributed by atoms with E-state index in [0.717, 1.165) is 47.0 Å². The predicted molar refractivity (Wildman–Crippen MR) is 162 cm³/mol. The number of benzene rings is 3. The van der Waals surface area contributed by atoms with Crippen molar-refractivity contribution in [2.45, 2.75) is 45.6 Å². The molecule has 6 heteroatoms. The highest BCUT2D eigenvalue weighted by Gasteiger charge is 2.18. The van der Waals surface area contributed by atoms with E-state index in [0.29, 0.717) is 32.0 Å². The van der Waals surface area contributed by atoms with Crippen molar-refractivity contribution in [2.75, 3.05) is 31.8 Å². The van der Waals surface area contributed by atoms with Gasteiger partial charge in [0.15, 0.2) is 0 Å². The highest BCUT2D eigenvalue weighted by Crippen LogP contribution is 2.38. The molecule has 5 nitrogen and oxygen atoms in total. The molecule has 0 aromatic heterocycles. The number of rotatable bonds is 9. The molecule has 2 heterocycles. The molecule has 0 saturated carbocycles. The van der Waals surface area contributed by atoms with Crippen LogP contribution < -0.4 is 14.2 Å². The van der Waals surface area contributed by atoms with E-state index in [1.807, 2.05) is 42.1 Å². The summed E-state index contributed by atoms with van der Waals surface area (Å²) in [6, 6.07) is 20.6. The largest absolute Gasteiger partial charge is 0.493 e.